The Morgan fingerprint density at radius 1 is 1.06 bits per heavy atom. The van der Waals surface area contributed by atoms with Crippen LogP contribution in [0.15, 0.2) is 55.0 Å². The van der Waals surface area contributed by atoms with Crippen LogP contribution in [0.4, 0.5) is 17.2 Å². The normalized spacial score (nSPS) is 15.8. The summed E-state index contributed by atoms with van der Waals surface area (Å²) in [6.45, 7) is 3.81. The molecule has 2 N–H and O–H groups in total. The summed E-state index contributed by atoms with van der Waals surface area (Å²) < 4.78 is 7.52. The number of pyridine rings is 2. The van der Waals surface area contributed by atoms with Crippen molar-refractivity contribution in [1.82, 2.24) is 19.7 Å². The highest BCUT2D eigenvalue weighted by Gasteiger charge is 2.27. The van der Waals surface area contributed by atoms with Crippen molar-refractivity contribution in [2.45, 2.75) is 13.0 Å². The van der Waals surface area contributed by atoms with Gasteiger partial charge in [-0.3, -0.25) is 9.20 Å². The Morgan fingerprint density at radius 2 is 2.00 bits per heavy atom. The first kappa shape index (κ1) is 20.9. The van der Waals surface area contributed by atoms with Gasteiger partial charge in [0, 0.05) is 49.1 Å². The van der Waals surface area contributed by atoms with Gasteiger partial charge in [0.15, 0.2) is 0 Å². The Hall–Kier alpha value is -3.62. The van der Waals surface area contributed by atoms with E-state index in [0.29, 0.717) is 22.9 Å². The Morgan fingerprint density at radius 3 is 2.88 bits per heavy atom. The molecule has 5 heterocycles. The lowest BCUT2D eigenvalue weighted by Gasteiger charge is -2.21. The van der Waals surface area contributed by atoms with Crippen LogP contribution in [-0.4, -0.2) is 46.6 Å². The van der Waals surface area contributed by atoms with Crippen molar-refractivity contribution < 1.29 is 9.53 Å². The number of halogens is 1. The molecule has 0 unspecified atom stereocenters. The molecular weight excluding hydrogens is 452 g/mol. The number of benzene rings is 1. The van der Waals surface area contributed by atoms with Gasteiger partial charge in [-0.2, -0.15) is 0 Å². The number of amides is 1. The number of imidazole rings is 1. The number of hydrogen-bond donors (Lipinski definition) is 2. The molecule has 2 aliphatic heterocycles. The van der Waals surface area contributed by atoms with Crippen LogP contribution in [0.25, 0.3) is 16.9 Å². The summed E-state index contributed by atoms with van der Waals surface area (Å²) in [5.41, 5.74) is 6.01. The van der Waals surface area contributed by atoms with Gasteiger partial charge in [-0.25, -0.2) is 9.97 Å². The highest BCUT2D eigenvalue weighted by atomic mass is 35.5. The maximum atomic E-state index is 12.8. The summed E-state index contributed by atoms with van der Waals surface area (Å²) in [7, 11) is 0. The van der Waals surface area contributed by atoms with Crippen molar-refractivity contribution in [2.24, 2.45) is 0 Å². The molecule has 0 aliphatic carbocycles. The molecule has 0 atom stereocenters. The van der Waals surface area contributed by atoms with E-state index in [0.717, 1.165) is 66.6 Å². The van der Waals surface area contributed by atoms with E-state index >= 15 is 0 Å². The van der Waals surface area contributed by atoms with Gasteiger partial charge in [-0.1, -0.05) is 17.7 Å². The number of carbonyl (C=O) groups excluding carboxylic acids is 1. The Balaban J connectivity index is 1.32. The van der Waals surface area contributed by atoms with Crippen LogP contribution in [0.3, 0.4) is 0 Å². The summed E-state index contributed by atoms with van der Waals surface area (Å²) >= 11 is 6.12. The average molecular weight is 475 g/mol. The molecule has 4 aromatic rings. The third-order valence-electron chi connectivity index (χ3n) is 6.31. The molecule has 1 fully saturated rings. The van der Waals surface area contributed by atoms with Gasteiger partial charge >= 0.3 is 0 Å². The quantitative estimate of drug-likeness (QED) is 0.459. The van der Waals surface area contributed by atoms with Gasteiger partial charge in [0.25, 0.3) is 5.91 Å². The first-order valence-electron chi connectivity index (χ1n) is 11.3. The van der Waals surface area contributed by atoms with Crippen LogP contribution >= 0.6 is 11.6 Å². The predicted octanol–water partition coefficient (Wildman–Crippen LogP) is 4.26. The number of hydrogen-bond acceptors (Lipinski definition) is 6. The maximum absolute atomic E-state index is 12.8. The summed E-state index contributed by atoms with van der Waals surface area (Å²) in [6.07, 6.45) is 6.58. The fourth-order valence-corrected chi connectivity index (χ4v) is 4.79. The topological polar surface area (TPSA) is 83.8 Å². The predicted molar refractivity (Wildman–Crippen MR) is 132 cm³/mol. The molecule has 0 bridgehead atoms. The third kappa shape index (κ3) is 3.74. The van der Waals surface area contributed by atoms with E-state index in [4.69, 9.17) is 16.3 Å². The van der Waals surface area contributed by atoms with E-state index in [9.17, 15) is 4.79 Å². The third-order valence-corrected chi connectivity index (χ3v) is 6.55. The first-order chi connectivity index (χ1) is 16.7. The van der Waals surface area contributed by atoms with Crippen LogP contribution < -0.4 is 15.5 Å². The van der Waals surface area contributed by atoms with E-state index in [1.165, 1.54) is 0 Å². The Bertz CT molecular complexity index is 1380. The molecule has 8 nitrogen and oxygen atoms in total. The summed E-state index contributed by atoms with van der Waals surface area (Å²) in [4.78, 5) is 24.1. The lowest BCUT2D eigenvalue weighted by Crippen LogP contribution is -2.25. The maximum Gasteiger partial charge on any atom is 0.254 e. The van der Waals surface area contributed by atoms with Gasteiger partial charge in [-0.15, -0.1) is 0 Å². The monoisotopic (exact) mass is 474 g/mol. The number of fused-ring (bicyclic) bond motifs is 2. The van der Waals surface area contributed by atoms with Crippen molar-refractivity contribution >= 4 is 40.3 Å². The summed E-state index contributed by atoms with van der Waals surface area (Å²) in [6, 6.07) is 11.6. The molecule has 1 amide bonds. The zero-order chi connectivity index (χ0) is 23.1. The SMILES string of the molecule is O=C1NCc2c(-c3cnc4cc(Cl)ccn34)ccc(Nc3ccc(N4CCCOCC4)cn3)c21. The van der Waals surface area contributed by atoms with Crippen molar-refractivity contribution in [1.29, 1.82) is 0 Å². The molecule has 9 heteroatoms. The molecule has 6 rings (SSSR count). The molecule has 2 aliphatic rings. The molecule has 0 saturated carbocycles. The van der Waals surface area contributed by atoms with Crippen LogP contribution in [0.2, 0.25) is 5.02 Å². The van der Waals surface area contributed by atoms with Crippen molar-refractivity contribution in [3.63, 3.8) is 0 Å². The lowest BCUT2D eigenvalue weighted by atomic mass is 9.99. The second kappa shape index (κ2) is 8.62. The van der Waals surface area contributed by atoms with E-state index in [2.05, 4.69) is 31.6 Å². The van der Waals surface area contributed by atoms with E-state index in [-0.39, 0.29) is 5.91 Å². The second-order valence-electron chi connectivity index (χ2n) is 8.39. The minimum Gasteiger partial charge on any atom is -0.380 e. The van der Waals surface area contributed by atoms with Gasteiger partial charge in [0.2, 0.25) is 0 Å². The van der Waals surface area contributed by atoms with E-state index in [1.54, 1.807) is 0 Å². The molecule has 1 saturated heterocycles. The van der Waals surface area contributed by atoms with Crippen LogP contribution in [0, 0.1) is 0 Å². The minimum atomic E-state index is -0.0996. The molecule has 0 spiro atoms. The standard InChI is InChI=1S/C25H23ClN6O2/c26-16-6-8-32-21(15-28-23(32)12-16)18-3-4-20(24-19(18)14-29-25(24)33)30-22-5-2-17(13-27-22)31-7-1-10-34-11-9-31/h2-6,8,12-13,15H,1,7,9-11,14H2,(H,27,30)(H,29,33). The smallest absolute Gasteiger partial charge is 0.254 e. The van der Waals surface area contributed by atoms with Crippen molar-refractivity contribution in [3.8, 4) is 11.3 Å². The van der Waals surface area contributed by atoms with Gasteiger partial charge in [-0.05, 0) is 36.2 Å². The molecule has 1 aromatic carbocycles. The van der Waals surface area contributed by atoms with E-state index in [1.807, 2.05) is 53.3 Å². The number of nitrogens with zero attached hydrogens (tertiary/aromatic N) is 4. The molecule has 34 heavy (non-hydrogen) atoms. The number of nitrogens with one attached hydrogen (secondary N) is 2. The average Bonchev–Trinajstić information content (AvgIpc) is 3.33. The summed E-state index contributed by atoms with van der Waals surface area (Å²) in [5, 5.41) is 6.93. The number of ether oxygens (including phenoxy) is 1. The van der Waals surface area contributed by atoms with Gasteiger partial charge in [0.05, 0.1) is 41.6 Å². The van der Waals surface area contributed by atoms with E-state index < -0.39 is 0 Å². The zero-order valence-electron chi connectivity index (χ0n) is 18.4. The molecular formula is C25H23ClN6O2. The number of anilines is 3. The minimum absolute atomic E-state index is 0.0996. The molecule has 3 aromatic heterocycles. The molecule has 0 radical (unpaired) electrons. The fourth-order valence-electron chi connectivity index (χ4n) is 4.64. The molecule has 172 valence electrons. The van der Waals surface area contributed by atoms with Gasteiger partial charge < -0.3 is 20.3 Å². The highest BCUT2D eigenvalue weighted by Crippen LogP contribution is 2.35. The zero-order valence-corrected chi connectivity index (χ0v) is 19.2. The van der Waals surface area contributed by atoms with Crippen molar-refractivity contribution in [3.05, 3.63) is 71.1 Å². The summed E-state index contributed by atoms with van der Waals surface area (Å²) in [5.74, 6) is 0.589. The largest absolute Gasteiger partial charge is 0.380 e. The number of rotatable bonds is 4. The second-order valence-corrected chi connectivity index (χ2v) is 8.83. The lowest BCUT2D eigenvalue weighted by molar-refractivity contribution is 0.0966. The van der Waals surface area contributed by atoms with Crippen LogP contribution in [0.1, 0.15) is 22.3 Å². The Labute approximate surface area is 201 Å². The highest BCUT2D eigenvalue weighted by molar-refractivity contribution is 6.30. The first-order valence-corrected chi connectivity index (χ1v) is 11.7. The fraction of sp³-hybridized carbons (Fsp3) is 0.240. The Kier molecular flexibility index (Phi) is 5.31. The van der Waals surface area contributed by atoms with Gasteiger partial charge in [0.1, 0.15) is 11.5 Å². The number of carbonyl (C=O) groups is 1. The van der Waals surface area contributed by atoms with Crippen LogP contribution in [0.5, 0.6) is 0 Å². The number of aromatic nitrogens is 3. The van der Waals surface area contributed by atoms with Crippen molar-refractivity contribution in [2.75, 3.05) is 36.5 Å². The van der Waals surface area contributed by atoms with Crippen LogP contribution in [-0.2, 0) is 11.3 Å².